The van der Waals surface area contributed by atoms with Crippen LogP contribution >= 0.6 is 11.8 Å². The third-order valence-corrected chi connectivity index (χ3v) is 7.13. The number of ether oxygens (including phenoxy) is 2. The summed E-state index contributed by atoms with van der Waals surface area (Å²) in [6.07, 6.45) is 0.256. The smallest absolute Gasteiger partial charge is 0.326 e. The van der Waals surface area contributed by atoms with E-state index in [1.165, 1.54) is 0 Å². The van der Waals surface area contributed by atoms with Crippen LogP contribution in [0.3, 0.4) is 0 Å². The summed E-state index contributed by atoms with van der Waals surface area (Å²) in [6, 6.07) is 32.6. The van der Waals surface area contributed by atoms with Gasteiger partial charge in [0.2, 0.25) is 0 Å². The number of benzene rings is 4. The first kappa shape index (κ1) is 27.8. The number of nitrogens with one attached hydrogen (secondary N) is 1. The maximum Gasteiger partial charge on any atom is 0.326 e. The number of rotatable bonds is 10. The first-order valence-corrected chi connectivity index (χ1v) is 13.6. The Morgan fingerprint density at radius 1 is 0.872 bits per heavy atom. The number of anilines is 2. The third kappa shape index (κ3) is 7.65. The zero-order chi connectivity index (χ0) is 27.6. The first-order chi connectivity index (χ1) is 19.0. The molecule has 0 aliphatic rings. The van der Waals surface area contributed by atoms with Gasteiger partial charge in [-0.2, -0.15) is 0 Å². The van der Waals surface area contributed by atoms with Crippen LogP contribution in [-0.2, 0) is 16.0 Å². The largest absolute Gasteiger partial charge is 0.497 e. The maximum atomic E-state index is 13.7. The van der Waals surface area contributed by atoms with Crippen LogP contribution in [0.4, 0.5) is 16.2 Å². The molecule has 0 radical (unpaired) electrons. The topological polar surface area (TPSA) is 67.9 Å². The molecule has 7 heteroatoms. The van der Waals surface area contributed by atoms with Crippen molar-refractivity contribution in [2.75, 3.05) is 23.9 Å². The van der Waals surface area contributed by atoms with Crippen LogP contribution in [-0.4, -0.2) is 25.7 Å². The fourth-order valence-corrected chi connectivity index (χ4v) is 5.03. The summed E-state index contributed by atoms with van der Waals surface area (Å²) in [5.41, 5.74) is 3.39. The van der Waals surface area contributed by atoms with E-state index in [2.05, 4.69) is 5.32 Å². The van der Waals surface area contributed by atoms with Crippen molar-refractivity contribution in [3.8, 4) is 5.75 Å². The third-order valence-electron chi connectivity index (χ3n) is 6.14. The van der Waals surface area contributed by atoms with Gasteiger partial charge in [0.1, 0.15) is 5.75 Å². The zero-order valence-corrected chi connectivity index (χ0v) is 23.1. The fourth-order valence-electron chi connectivity index (χ4n) is 4.15. The molecule has 0 aliphatic carbocycles. The molecule has 1 N–H and O–H groups in total. The lowest BCUT2D eigenvalue weighted by atomic mass is 10.1. The number of esters is 1. The van der Waals surface area contributed by atoms with E-state index in [9.17, 15) is 9.59 Å². The second kappa shape index (κ2) is 13.5. The van der Waals surface area contributed by atoms with Gasteiger partial charge in [0.15, 0.2) is 0 Å². The van der Waals surface area contributed by atoms with Crippen molar-refractivity contribution < 1.29 is 19.1 Å². The number of amides is 2. The average Bonchev–Trinajstić information content (AvgIpc) is 2.95. The molecule has 0 spiro atoms. The van der Waals surface area contributed by atoms with Gasteiger partial charge in [0.05, 0.1) is 26.2 Å². The molecule has 200 valence electrons. The molecule has 4 aromatic rings. The van der Waals surface area contributed by atoms with E-state index < -0.39 is 0 Å². The quantitative estimate of drug-likeness (QED) is 0.208. The number of hydrogen-bond donors (Lipinski definition) is 1. The van der Waals surface area contributed by atoms with E-state index in [-0.39, 0.29) is 24.5 Å². The molecule has 0 fully saturated rings. The Morgan fingerprint density at radius 3 is 2.26 bits per heavy atom. The molecule has 0 saturated heterocycles. The van der Waals surface area contributed by atoms with Crippen molar-refractivity contribution in [1.29, 1.82) is 0 Å². The van der Waals surface area contributed by atoms with Gasteiger partial charge in [0, 0.05) is 21.2 Å². The van der Waals surface area contributed by atoms with Crippen molar-refractivity contribution in [1.82, 2.24) is 0 Å². The Kier molecular flexibility index (Phi) is 9.64. The monoisotopic (exact) mass is 540 g/mol. The van der Waals surface area contributed by atoms with Crippen molar-refractivity contribution >= 4 is 35.1 Å². The molecule has 4 rings (SSSR count). The minimum absolute atomic E-state index is 0.203. The molecule has 0 heterocycles. The standard InChI is InChI=1S/C32H32N2O4S/c1-4-38-31(35)21-24-13-19-29(20-14-24)39-30-12-8-11-26(22-30)33-32(36)34(23(2)25-9-6-5-7-10-25)27-15-17-28(37-3)18-16-27/h5-20,22-23H,4,21H2,1-3H3,(H,33,36). The molecule has 4 aromatic carbocycles. The van der Waals surface area contributed by atoms with E-state index in [0.717, 1.165) is 32.4 Å². The molecule has 1 unspecified atom stereocenters. The molecular weight excluding hydrogens is 508 g/mol. The highest BCUT2D eigenvalue weighted by molar-refractivity contribution is 7.99. The summed E-state index contributed by atoms with van der Waals surface area (Å²) >= 11 is 1.58. The van der Waals surface area contributed by atoms with Crippen LogP contribution in [0.1, 0.15) is 31.0 Å². The van der Waals surface area contributed by atoms with Gasteiger partial charge in [-0.3, -0.25) is 9.69 Å². The van der Waals surface area contributed by atoms with E-state index in [1.807, 2.05) is 110 Å². The summed E-state index contributed by atoms with van der Waals surface area (Å²) in [7, 11) is 1.62. The number of hydrogen-bond acceptors (Lipinski definition) is 5. The Hall–Kier alpha value is -4.23. The van der Waals surface area contributed by atoms with Crippen LogP contribution in [0, 0.1) is 0 Å². The number of carbonyl (C=O) groups excluding carboxylic acids is 2. The van der Waals surface area contributed by atoms with Gasteiger partial charge in [-0.25, -0.2) is 4.79 Å². The average molecular weight is 541 g/mol. The van der Waals surface area contributed by atoms with E-state index in [1.54, 1.807) is 30.7 Å². The van der Waals surface area contributed by atoms with Crippen LogP contribution in [0.15, 0.2) is 113 Å². The maximum absolute atomic E-state index is 13.7. The van der Waals surface area contributed by atoms with Crippen LogP contribution in [0.2, 0.25) is 0 Å². The zero-order valence-electron chi connectivity index (χ0n) is 22.3. The van der Waals surface area contributed by atoms with Crippen LogP contribution in [0.25, 0.3) is 0 Å². The Morgan fingerprint density at radius 2 is 1.59 bits per heavy atom. The summed E-state index contributed by atoms with van der Waals surface area (Å²) < 4.78 is 10.3. The highest BCUT2D eigenvalue weighted by atomic mass is 32.2. The number of carbonyl (C=O) groups is 2. The molecule has 1 atom stereocenters. The lowest BCUT2D eigenvalue weighted by Gasteiger charge is -2.30. The molecule has 6 nitrogen and oxygen atoms in total. The molecule has 39 heavy (non-hydrogen) atoms. The lowest BCUT2D eigenvalue weighted by molar-refractivity contribution is -0.142. The predicted octanol–water partition coefficient (Wildman–Crippen LogP) is 7.75. The minimum atomic E-state index is -0.234. The SMILES string of the molecule is CCOC(=O)Cc1ccc(Sc2cccc(NC(=O)N(c3ccc(OC)cc3)C(C)c3ccccc3)c2)cc1. The normalized spacial score (nSPS) is 11.4. The highest BCUT2D eigenvalue weighted by Gasteiger charge is 2.24. The number of urea groups is 1. The second-order valence-corrected chi connectivity index (χ2v) is 9.99. The van der Waals surface area contributed by atoms with Gasteiger partial charge < -0.3 is 14.8 Å². The number of methoxy groups -OCH3 is 1. The summed E-state index contributed by atoms with van der Waals surface area (Å²) in [6.45, 7) is 4.19. The summed E-state index contributed by atoms with van der Waals surface area (Å²) in [5, 5.41) is 3.08. The molecule has 0 aromatic heterocycles. The van der Waals surface area contributed by atoms with Gasteiger partial charge in [-0.05, 0) is 79.6 Å². The highest BCUT2D eigenvalue weighted by Crippen LogP contribution is 2.32. The van der Waals surface area contributed by atoms with Crippen LogP contribution < -0.4 is 15.0 Å². The van der Waals surface area contributed by atoms with E-state index in [4.69, 9.17) is 9.47 Å². The molecule has 2 amide bonds. The van der Waals surface area contributed by atoms with Gasteiger partial charge in [0.25, 0.3) is 0 Å². The molecule has 0 saturated carbocycles. The van der Waals surface area contributed by atoms with Crippen molar-refractivity contribution in [2.24, 2.45) is 0 Å². The Bertz CT molecular complexity index is 1380. The fraction of sp³-hybridized carbons (Fsp3) is 0.188. The van der Waals surface area contributed by atoms with Crippen molar-refractivity contribution in [2.45, 2.75) is 36.1 Å². The van der Waals surface area contributed by atoms with Gasteiger partial charge in [-0.15, -0.1) is 0 Å². The number of nitrogens with zero attached hydrogens (tertiary/aromatic N) is 1. The lowest BCUT2D eigenvalue weighted by Crippen LogP contribution is -2.37. The van der Waals surface area contributed by atoms with Gasteiger partial charge in [-0.1, -0.05) is 60.3 Å². The van der Waals surface area contributed by atoms with Crippen LogP contribution in [0.5, 0.6) is 5.75 Å². The summed E-state index contributed by atoms with van der Waals surface area (Å²) in [4.78, 5) is 29.2. The Labute approximate surface area is 234 Å². The van der Waals surface area contributed by atoms with Crippen molar-refractivity contribution in [3.05, 3.63) is 114 Å². The molecule has 0 aliphatic heterocycles. The predicted molar refractivity (Wildman–Crippen MR) is 157 cm³/mol. The molecular formula is C32H32N2O4S. The first-order valence-electron chi connectivity index (χ1n) is 12.8. The van der Waals surface area contributed by atoms with Gasteiger partial charge >= 0.3 is 12.0 Å². The van der Waals surface area contributed by atoms with E-state index >= 15 is 0 Å². The Balaban J connectivity index is 1.50. The molecule has 0 bridgehead atoms. The van der Waals surface area contributed by atoms with E-state index in [0.29, 0.717) is 12.3 Å². The second-order valence-electron chi connectivity index (χ2n) is 8.84. The van der Waals surface area contributed by atoms with Crippen molar-refractivity contribution in [3.63, 3.8) is 0 Å². The summed E-state index contributed by atoms with van der Waals surface area (Å²) in [5.74, 6) is 0.497. The minimum Gasteiger partial charge on any atom is -0.497 e.